The van der Waals surface area contributed by atoms with Crippen molar-refractivity contribution in [3.63, 3.8) is 0 Å². The number of methoxy groups -OCH3 is 1. The fraction of sp³-hybridized carbons (Fsp3) is 0.400. The highest BCUT2D eigenvalue weighted by Crippen LogP contribution is 2.33. The number of nitrogens with zero attached hydrogens (tertiary/aromatic N) is 2. The van der Waals surface area contributed by atoms with Crippen molar-refractivity contribution in [3.8, 4) is 5.75 Å². The van der Waals surface area contributed by atoms with Crippen LogP contribution in [0.25, 0.3) is 10.8 Å². The largest absolute Gasteiger partial charge is 0.497 e. The molecule has 2 N–H and O–H groups in total. The Labute approximate surface area is 113 Å². The second kappa shape index (κ2) is 4.38. The SMILES string of the molecule is CCC1(N)CN(c2nccc3ccc(OC)cc23)C1. The molecule has 0 amide bonds. The van der Waals surface area contributed by atoms with E-state index in [2.05, 4.69) is 22.9 Å². The molecule has 1 fully saturated rings. The number of hydrogen-bond acceptors (Lipinski definition) is 4. The quantitative estimate of drug-likeness (QED) is 0.915. The van der Waals surface area contributed by atoms with Crippen molar-refractivity contribution in [2.75, 3.05) is 25.1 Å². The third kappa shape index (κ3) is 2.02. The smallest absolute Gasteiger partial charge is 0.136 e. The first-order valence-electron chi connectivity index (χ1n) is 6.62. The van der Waals surface area contributed by atoms with Crippen molar-refractivity contribution < 1.29 is 4.74 Å². The molecule has 100 valence electrons. The number of aromatic nitrogens is 1. The molecule has 0 radical (unpaired) electrons. The minimum Gasteiger partial charge on any atom is -0.497 e. The first-order valence-corrected chi connectivity index (χ1v) is 6.62. The molecule has 19 heavy (non-hydrogen) atoms. The van der Waals surface area contributed by atoms with Crippen LogP contribution >= 0.6 is 0 Å². The molecule has 1 aromatic heterocycles. The van der Waals surface area contributed by atoms with Crippen LogP contribution in [0.2, 0.25) is 0 Å². The number of pyridine rings is 1. The Bertz CT molecular complexity index is 605. The molecule has 4 nitrogen and oxygen atoms in total. The Morgan fingerprint density at radius 3 is 2.84 bits per heavy atom. The monoisotopic (exact) mass is 257 g/mol. The average Bonchev–Trinajstić information content (AvgIpc) is 2.42. The summed E-state index contributed by atoms with van der Waals surface area (Å²) in [5, 5.41) is 2.30. The van der Waals surface area contributed by atoms with Crippen molar-refractivity contribution >= 4 is 16.6 Å². The zero-order chi connectivity index (χ0) is 13.5. The molecule has 1 aromatic carbocycles. The maximum Gasteiger partial charge on any atom is 0.136 e. The van der Waals surface area contributed by atoms with Gasteiger partial charge in [-0.05, 0) is 30.0 Å². The fourth-order valence-corrected chi connectivity index (χ4v) is 2.60. The second-order valence-electron chi connectivity index (χ2n) is 5.29. The van der Waals surface area contributed by atoms with E-state index in [1.807, 2.05) is 24.4 Å². The van der Waals surface area contributed by atoms with E-state index in [1.165, 1.54) is 5.39 Å². The summed E-state index contributed by atoms with van der Waals surface area (Å²) < 4.78 is 5.30. The minimum atomic E-state index is -0.0529. The van der Waals surface area contributed by atoms with E-state index in [-0.39, 0.29) is 5.54 Å². The zero-order valence-corrected chi connectivity index (χ0v) is 11.4. The number of benzene rings is 1. The van der Waals surface area contributed by atoms with E-state index >= 15 is 0 Å². The lowest BCUT2D eigenvalue weighted by atomic mass is 9.88. The molecule has 0 saturated carbocycles. The van der Waals surface area contributed by atoms with Gasteiger partial charge in [-0.3, -0.25) is 0 Å². The summed E-state index contributed by atoms with van der Waals surface area (Å²) in [4.78, 5) is 6.76. The van der Waals surface area contributed by atoms with Gasteiger partial charge in [-0.2, -0.15) is 0 Å². The molecule has 0 spiro atoms. The molecule has 0 atom stereocenters. The standard InChI is InChI=1S/C15H19N3O/c1-3-15(16)9-18(10-15)14-13-8-12(19-2)5-4-11(13)6-7-17-14/h4-8H,3,9-10,16H2,1-2H3. The molecule has 1 saturated heterocycles. The Morgan fingerprint density at radius 1 is 1.37 bits per heavy atom. The molecule has 0 unspecified atom stereocenters. The van der Waals surface area contributed by atoms with Gasteiger partial charge in [0.05, 0.1) is 12.6 Å². The van der Waals surface area contributed by atoms with E-state index in [0.29, 0.717) is 0 Å². The van der Waals surface area contributed by atoms with Gasteiger partial charge in [0.1, 0.15) is 11.6 Å². The van der Waals surface area contributed by atoms with Crippen LogP contribution < -0.4 is 15.4 Å². The van der Waals surface area contributed by atoms with Gasteiger partial charge in [0.15, 0.2) is 0 Å². The van der Waals surface area contributed by atoms with Crippen molar-refractivity contribution in [3.05, 3.63) is 30.5 Å². The fourth-order valence-electron chi connectivity index (χ4n) is 2.60. The molecular weight excluding hydrogens is 238 g/mol. The molecule has 0 aliphatic carbocycles. The molecule has 3 rings (SSSR count). The lowest BCUT2D eigenvalue weighted by Gasteiger charge is -2.48. The van der Waals surface area contributed by atoms with Crippen LogP contribution in [0.3, 0.4) is 0 Å². The van der Waals surface area contributed by atoms with Crippen molar-refractivity contribution in [2.45, 2.75) is 18.9 Å². The number of nitrogens with two attached hydrogens (primary N) is 1. The predicted molar refractivity (Wildman–Crippen MR) is 77.7 cm³/mol. The van der Waals surface area contributed by atoms with Gasteiger partial charge in [0, 0.05) is 24.7 Å². The summed E-state index contributed by atoms with van der Waals surface area (Å²) in [6.07, 6.45) is 2.85. The normalized spacial score (nSPS) is 17.3. The molecule has 1 aliphatic rings. The first kappa shape index (κ1) is 12.2. The number of fused-ring (bicyclic) bond motifs is 1. The van der Waals surface area contributed by atoms with E-state index in [1.54, 1.807) is 7.11 Å². The maximum atomic E-state index is 6.24. The highest BCUT2D eigenvalue weighted by atomic mass is 16.5. The summed E-state index contributed by atoms with van der Waals surface area (Å²) in [5.41, 5.74) is 6.18. The average molecular weight is 257 g/mol. The van der Waals surface area contributed by atoms with Crippen molar-refractivity contribution in [2.24, 2.45) is 5.73 Å². The molecular formula is C15H19N3O. The lowest BCUT2D eigenvalue weighted by molar-refractivity contribution is 0.321. The van der Waals surface area contributed by atoms with Gasteiger partial charge in [-0.15, -0.1) is 0 Å². The van der Waals surface area contributed by atoms with Gasteiger partial charge in [0.25, 0.3) is 0 Å². The number of hydrogen-bond donors (Lipinski definition) is 1. The highest BCUT2D eigenvalue weighted by Gasteiger charge is 2.38. The van der Waals surface area contributed by atoms with Crippen LogP contribution in [-0.4, -0.2) is 30.7 Å². The maximum absolute atomic E-state index is 6.24. The van der Waals surface area contributed by atoms with Gasteiger partial charge in [-0.25, -0.2) is 4.98 Å². The van der Waals surface area contributed by atoms with Crippen LogP contribution in [0, 0.1) is 0 Å². The third-order valence-electron chi connectivity index (χ3n) is 3.97. The van der Waals surface area contributed by atoms with Crippen LogP contribution in [0.15, 0.2) is 30.5 Å². The zero-order valence-electron chi connectivity index (χ0n) is 11.4. The van der Waals surface area contributed by atoms with Crippen LogP contribution in [0.5, 0.6) is 5.75 Å². The predicted octanol–water partition coefficient (Wildman–Crippen LogP) is 2.17. The van der Waals surface area contributed by atoms with Gasteiger partial charge < -0.3 is 15.4 Å². The molecule has 4 heteroatoms. The second-order valence-corrected chi connectivity index (χ2v) is 5.29. The Kier molecular flexibility index (Phi) is 2.82. The van der Waals surface area contributed by atoms with Crippen LogP contribution in [-0.2, 0) is 0 Å². The van der Waals surface area contributed by atoms with E-state index < -0.39 is 0 Å². The number of rotatable bonds is 3. The number of ether oxygens (including phenoxy) is 1. The van der Waals surface area contributed by atoms with E-state index in [0.717, 1.165) is 36.5 Å². The lowest BCUT2D eigenvalue weighted by Crippen LogP contribution is -2.67. The summed E-state index contributed by atoms with van der Waals surface area (Å²) >= 11 is 0. The van der Waals surface area contributed by atoms with Gasteiger partial charge in [-0.1, -0.05) is 13.0 Å². The Morgan fingerprint density at radius 2 is 2.16 bits per heavy atom. The van der Waals surface area contributed by atoms with Gasteiger partial charge in [0.2, 0.25) is 0 Å². The molecule has 1 aliphatic heterocycles. The summed E-state index contributed by atoms with van der Waals surface area (Å²) in [6, 6.07) is 8.10. The molecule has 2 heterocycles. The summed E-state index contributed by atoms with van der Waals surface area (Å²) in [6.45, 7) is 3.87. The van der Waals surface area contributed by atoms with Crippen molar-refractivity contribution in [1.82, 2.24) is 4.98 Å². The molecule has 2 aromatic rings. The highest BCUT2D eigenvalue weighted by molar-refractivity contribution is 5.93. The summed E-state index contributed by atoms with van der Waals surface area (Å²) in [5.74, 6) is 1.86. The number of anilines is 1. The Hall–Kier alpha value is -1.81. The van der Waals surface area contributed by atoms with E-state index in [9.17, 15) is 0 Å². The summed E-state index contributed by atoms with van der Waals surface area (Å²) in [7, 11) is 1.68. The first-order chi connectivity index (χ1) is 9.15. The topological polar surface area (TPSA) is 51.4 Å². The van der Waals surface area contributed by atoms with Gasteiger partial charge >= 0.3 is 0 Å². The van der Waals surface area contributed by atoms with Crippen LogP contribution in [0.4, 0.5) is 5.82 Å². The minimum absolute atomic E-state index is 0.0529. The third-order valence-corrected chi connectivity index (χ3v) is 3.97. The Balaban J connectivity index is 2.00. The van der Waals surface area contributed by atoms with Crippen LogP contribution in [0.1, 0.15) is 13.3 Å². The molecule has 0 bridgehead atoms. The van der Waals surface area contributed by atoms with Crippen molar-refractivity contribution in [1.29, 1.82) is 0 Å². The van der Waals surface area contributed by atoms with E-state index in [4.69, 9.17) is 10.5 Å².